The molecular weight excluding hydrogens is 469 g/mol. The maximum absolute atomic E-state index is 14.4. The zero-order valence-corrected chi connectivity index (χ0v) is 20.1. The van der Waals surface area contributed by atoms with Gasteiger partial charge in [0.1, 0.15) is 5.82 Å². The summed E-state index contributed by atoms with van der Waals surface area (Å²) in [5.74, 6) is 1.46. The van der Waals surface area contributed by atoms with Crippen molar-refractivity contribution in [3.8, 4) is 0 Å². The second kappa shape index (κ2) is 10.2. The zero-order valence-electron chi connectivity index (χ0n) is 18.5. The first-order valence-electron chi connectivity index (χ1n) is 11.2. The molecule has 10 heteroatoms. The Kier molecular flexibility index (Phi) is 7.53. The molecule has 33 heavy (non-hydrogen) atoms. The molecule has 0 amide bonds. The molecule has 4 rings (SSSR count). The van der Waals surface area contributed by atoms with Gasteiger partial charge >= 0.3 is 0 Å². The Morgan fingerprint density at radius 3 is 2.61 bits per heavy atom. The van der Waals surface area contributed by atoms with Crippen LogP contribution < -0.4 is 4.90 Å². The predicted molar refractivity (Wildman–Crippen MR) is 123 cm³/mol. The highest BCUT2D eigenvalue weighted by atomic mass is 35.5. The number of ether oxygens (including phenoxy) is 1. The van der Waals surface area contributed by atoms with Gasteiger partial charge in [-0.1, -0.05) is 17.7 Å². The van der Waals surface area contributed by atoms with E-state index in [1.165, 1.54) is 19.1 Å². The summed E-state index contributed by atoms with van der Waals surface area (Å²) in [6.07, 6.45) is 5.53. The molecule has 2 aliphatic rings. The Hall–Kier alpha value is -1.81. The minimum absolute atomic E-state index is 0.109. The summed E-state index contributed by atoms with van der Waals surface area (Å²) < 4.78 is 44.5. The van der Waals surface area contributed by atoms with E-state index in [9.17, 15) is 17.9 Å². The Labute approximate surface area is 198 Å². The molecule has 1 N–H and O–H groups in total. The van der Waals surface area contributed by atoms with Crippen molar-refractivity contribution in [1.29, 1.82) is 0 Å². The minimum Gasteiger partial charge on any atom is -0.392 e. The van der Waals surface area contributed by atoms with E-state index < -0.39 is 27.5 Å². The molecule has 3 unspecified atom stereocenters. The number of rotatable bonds is 9. The molecule has 2 heterocycles. The van der Waals surface area contributed by atoms with E-state index in [0.717, 1.165) is 44.4 Å². The number of aliphatic hydroxyl groups is 1. The number of sulfone groups is 1. The number of benzene rings is 1. The standard InChI is InChI=1S/C23H29ClFN3O4S/c1-15(29)14-33(30,31)20-3-2-17(22(25)9-20)12-32-13-18-8-21(18)16-4-6-28(7-5-16)23-26-10-19(24)11-27-23/h2-3,9-11,15-16,18,21,29H,4-8,12-14H2,1H3. The first-order chi connectivity index (χ1) is 15.7. The molecule has 0 radical (unpaired) electrons. The van der Waals surface area contributed by atoms with Crippen molar-refractivity contribution < 1.29 is 22.7 Å². The number of anilines is 1. The molecule has 1 saturated heterocycles. The zero-order chi connectivity index (χ0) is 23.6. The third kappa shape index (κ3) is 6.20. The number of aromatic nitrogens is 2. The fourth-order valence-corrected chi connectivity index (χ4v) is 6.09. The third-order valence-electron chi connectivity index (χ3n) is 6.45. The molecule has 1 saturated carbocycles. The second-order valence-electron chi connectivity index (χ2n) is 9.08. The van der Waals surface area contributed by atoms with Crippen molar-refractivity contribution in [2.75, 3.05) is 30.3 Å². The molecule has 2 aromatic rings. The Morgan fingerprint density at radius 2 is 1.97 bits per heavy atom. The van der Waals surface area contributed by atoms with Crippen LogP contribution in [-0.4, -0.2) is 55.0 Å². The lowest BCUT2D eigenvalue weighted by Gasteiger charge is -2.32. The number of nitrogens with zero attached hydrogens (tertiary/aromatic N) is 3. The van der Waals surface area contributed by atoms with E-state index in [2.05, 4.69) is 14.9 Å². The third-order valence-corrected chi connectivity index (χ3v) is 8.53. The summed E-state index contributed by atoms with van der Waals surface area (Å²) in [7, 11) is -3.71. The van der Waals surface area contributed by atoms with Gasteiger partial charge in [-0.05, 0) is 56.1 Å². The van der Waals surface area contributed by atoms with Gasteiger partial charge in [-0.2, -0.15) is 0 Å². The number of piperidine rings is 1. The highest BCUT2D eigenvalue weighted by molar-refractivity contribution is 7.91. The van der Waals surface area contributed by atoms with E-state index in [-0.39, 0.29) is 11.5 Å². The Morgan fingerprint density at radius 1 is 1.27 bits per heavy atom. The summed E-state index contributed by atoms with van der Waals surface area (Å²) in [6.45, 7) is 3.92. The van der Waals surface area contributed by atoms with Crippen LogP contribution in [0.4, 0.5) is 10.3 Å². The van der Waals surface area contributed by atoms with E-state index in [1.54, 1.807) is 12.4 Å². The normalized spacial score (nSPS) is 22.4. The summed E-state index contributed by atoms with van der Waals surface area (Å²) in [6, 6.07) is 3.83. The van der Waals surface area contributed by atoms with E-state index in [0.29, 0.717) is 34.9 Å². The van der Waals surface area contributed by atoms with Gasteiger partial charge in [0, 0.05) is 18.7 Å². The van der Waals surface area contributed by atoms with Crippen LogP contribution in [0, 0.1) is 23.6 Å². The van der Waals surface area contributed by atoms with Gasteiger partial charge < -0.3 is 14.7 Å². The summed E-state index contributed by atoms with van der Waals surface area (Å²) in [4.78, 5) is 10.7. The molecule has 180 valence electrons. The van der Waals surface area contributed by atoms with Crippen molar-refractivity contribution in [3.05, 3.63) is 47.0 Å². The maximum atomic E-state index is 14.4. The number of hydrogen-bond acceptors (Lipinski definition) is 7. The maximum Gasteiger partial charge on any atom is 0.225 e. The van der Waals surface area contributed by atoms with Crippen LogP contribution in [0.2, 0.25) is 5.02 Å². The summed E-state index contributed by atoms with van der Waals surface area (Å²) in [5, 5.41) is 9.87. The number of hydrogen-bond donors (Lipinski definition) is 1. The van der Waals surface area contributed by atoms with Crippen molar-refractivity contribution in [2.24, 2.45) is 17.8 Å². The molecular formula is C23H29ClFN3O4S. The van der Waals surface area contributed by atoms with Gasteiger partial charge in [-0.3, -0.25) is 0 Å². The van der Waals surface area contributed by atoms with Crippen LogP contribution >= 0.6 is 11.6 Å². The molecule has 2 fully saturated rings. The van der Waals surface area contributed by atoms with Crippen LogP contribution in [-0.2, 0) is 21.2 Å². The first-order valence-corrected chi connectivity index (χ1v) is 13.3. The van der Waals surface area contributed by atoms with Crippen LogP contribution in [0.25, 0.3) is 0 Å². The largest absolute Gasteiger partial charge is 0.392 e. The Bertz CT molecular complexity index is 1060. The highest BCUT2D eigenvalue weighted by Crippen LogP contribution is 2.48. The molecule has 0 spiro atoms. The molecule has 7 nitrogen and oxygen atoms in total. The average Bonchev–Trinajstić information content (AvgIpc) is 3.54. The van der Waals surface area contributed by atoms with Crippen LogP contribution in [0.3, 0.4) is 0 Å². The van der Waals surface area contributed by atoms with Gasteiger partial charge in [-0.25, -0.2) is 22.8 Å². The van der Waals surface area contributed by atoms with Crippen molar-refractivity contribution in [1.82, 2.24) is 9.97 Å². The van der Waals surface area contributed by atoms with Gasteiger partial charge in [0.2, 0.25) is 5.95 Å². The second-order valence-corrected chi connectivity index (χ2v) is 11.6. The van der Waals surface area contributed by atoms with Gasteiger partial charge in [0.25, 0.3) is 0 Å². The van der Waals surface area contributed by atoms with E-state index in [4.69, 9.17) is 16.3 Å². The number of aliphatic hydroxyl groups excluding tert-OH is 1. The SMILES string of the molecule is CC(O)CS(=O)(=O)c1ccc(COCC2CC2C2CCN(c3ncc(Cl)cn3)CC2)c(F)c1. The minimum atomic E-state index is -3.71. The van der Waals surface area contributed by atoms with Gasteiger partial charge in [-0.15, -0.1) is 0 Å². The van der Waals surface area contributed by atoms with Gasteiger partial charge in [0.05, 0.1) is 47.4 Å². The quantitative estimate of drug-likeness (QED) is 0.566. The average molecular weight is 498 g/mol. The Balaban J connectivity index is 1.21. The first kappa shape index (κ1) is 24.3. The highest BCUT2D eigenvalue weighted by Gasteiger charge is 2.43. The fraction of sp³-hybridized carbons (Fsp3) is 0.565. The van der Waals surface area contributed by atoms with E-state index in [1.807, 2.05) is 0 Å². The van der Waals surface area contributed by atoms with Crippen molar-refractivity contribution in [2.45, 2.75) is 43.8 Å². The summed E-state index contributed by atoms with van der Waals surface area (Å²) >= 11 is 5.86. The molecule has 1 aliphatic heterocycles. The number of halogens is 2. The van der Waals surface area contributed by atoms with Crippen molar-refractivity contribution >= 4 is 27.4 Å². The lowest BCUT2D eigenvalue weighted by molar-refractivity contribution is 0.102. The molecule has 1 aromatic carbocycles. The molecule has 0 bridgehead atoms. The van der Waals surface area contributed by atoms with Crippen LogP contribution in [0.5, 0.6) is 0 Å². The summed E-state index contributed by atoms with van der Waals surface area (Å²) in [5.41, 5.74) is 0.333. The monoisotopic (exact) mass is 497 g/mol. The van der Waals surface area contributed by atoms with Crippen molar-refractivity contribution in [3.63, 3.8) is 0 Å². The van der Waals surface area contributed by atoms with Crippen LogP contribution in [0.15, 0.2) is 35.5 Å². The van der Waals surface area contributed by atoms with Gasteiger partial charge in [0.15, 0.2) is 9.84 Å². The molecule has 1 aliphatic carbocycles. The molecule has 3 atom stereocenters. The lowest BCUT2D eigenvalue weighted by atomic mass is 9.91. The molecule has 1 aromatic heterocycles. The topological polar surface area (TPSA) is 92.6 Å². The lowest BCUT2D eigenvalue weighted by Crippen LogP contribution is -2.35. The fourth-order valence-electron chi connectivity index (χ4n) is 4.61. The predicted octanol–water partition coefficient (Wildman–Crippen LogP) is 3.49. The smallest absolute Gasteiger partial charge is 0.225 e. The van der Waals surface area contributed by atoms with E-state index >= 15 is 0 Å². The van der Waals surface area contributed by atoms with Crippen LogP contribution in [0.1, 0.15) is 31.7 Å².